The molecule has 0 aromatic heterocycles. The number of hydrogen-bond donors (Lipinski definition) is 6. The van der Waals surface area contributed by atoms with Gasteiger partial charge in [-0.05, 0) is 6.92 Å². The molecule has 9 nitrogen and oxygen atoms in total. The van der Waals surface area contributed by atoms with Gasteiger partial charge in [0.2, 0.25) is 5.02 Å². The Bertz CT molecular complexity index is 333. The van der Waals surface area contributed by atoms with Gasteiger partial charge >= 0.3 is 21.2 Å². The third-order valence-electron chi connectivity index (χ3n) is 1.93. The highest BCUT2D eigenvalue weighted by Gasteiger charge is 2.56. The molecule has 0 unspecified atom stereocenters. The average molecular weight is 277 g/mol. The minimum Gasteiger partial charge on any atom is -0.481 e. The van der Waals surface area contributed by atoms with Gasteiger partial charge in [0.15, 0.2) is 0 Å². The van der Waals surface area contributed by atoms with Gasteiger partial charge in [-0.15, -0.1) is 0 Å². The van der Waals surface area contributed by atoms with Crippen molar-refractivity contribution < 1.29 is 38.6 Å². The molecule has 6 N–H and O–H groups in total. The van der Waals surface area contributed by atoms with Crippen LogP contribution < -0.4 is 5.32 Å². The van der Waals surface area contributed by atoms with Crippen molar-refractivity contribution in [3.05, 3.63) is 0 Å². The van der Waals surface area contributed by atoms with Gasteiger partial charge in [-0.3, -0.25) is 19.2 Å². The quantitative estimate of drug-likeness (QED) is 0.337. The molecular formula is C5H13NO8P2. The molecular weight excluding hydrogens is 264 g/mol. The summed E-state index contributed by atoms with van der Waals surface area (Å²) < 4.78 is 21.9. The standard InChI is InChI=1S/C5H13NO8P2/c1-5(15(9,10)11,16(12,13)14)6-3-2-4(7)8/h6H,2-3H2,1H3,(H,7,8)(H2,9,10,11)(H2,12,13,14). The zero-order valence-corrected chi connectivity index (χ0v) is 10.1. The van der Waals surface area contributed by atoms with Crippen LogP contribution in [0.15, 0.2) is 0 Å². The highest BCUT2D eigenvalue weighted by atomic mass is 31.2. The van der Waals surface area contributed by atoms with E-state index in [-0.39, 0.29) is 0 Å². The summed E-state index contributed by atoms with van der Waals surface area (Å²) in [5.74, 6) is -1.26. The maximum absolute atomic E-state index is 11.0. The van der Waals surface area contributed by atoms with Crippen LogP contribution in [0.5, 0.6) is 0 Å². The van der Waals surface area contributed by atoms with Gasteiger partial charge in [-0.25, -0.2) is 0 Å². The maximum atomic E-state index is 11.0. The summed E-state index contributed by atoms with van der Waals surface area (Å²) >= 11 is 0. The molecule has 0 aromatic rings. The second-order valence-electron chi connectivity index (χ2n) is 3.18. The SMILES string of the molecule is CC(NCCC(=O)O)(P(=O)(O)O)P(=O)(O)O. The van der Waals surface area contributed by atoms with Gasteiger partial charge in [0, 0.05) is 6.54 Å². The highest BCUT2D eigenvalue weighted by Crippen LogP contribution is 2.66. The largest absolute Gasteiger partial charge is 0.481 e. The van der Waals surface area contributed by atoms with Gasteiger partial charge in [-0.1, -0.05) is 0 Å². The van der Waals surface area contributed by atoms with Crippen molar-refractivity contribution in [1.82, 2.24) is 5.32 Å². The first-order valence-corrected chi connectivity index (χ1v) is 7.22. The maximum Gasteiger partial charge on any atom is 0.357 e. The Morgan fingerprint density at radius 2 is 1.56 bits per heavy atom. The lowest BCUT2D eigenvalue weighted by atomic mass is 10.4. The summed E-state index contributed by atoms with van der Waals surface area (Å²) in [6, 6.07) is 0. The number of nitrogens with one attached hydrogen (secondary N) is 1. The van der Waals surface area contributed by atoms with E-state index in [1.807, 2.05) is 5.32 Å². The highest BCUT2D eigenvalue weighted by molar-refractivity contribution is 7.72. The molecule has 0 spiro atoms. The van der Waals surface area contributed by atoms with E-state index < -0.39 is 39.1 Å². The molecule has 0 fully saturated rings. The molecule has 0 rings (SSSR count). The molecule has 0 aliphatic heterocycles. The summed E-state index contributed by atoms with van der Waals surface area (Å²) in [5, 5.41) is 7.42. The van der Waals surface area contributed by atoms with E-state index in [9.17, 15) is 13.9 Å². The second-order valence-corrected chi connectivity index (χ2v) is 7.50. The fourth-order valence-electron chi connectivity index (χ4n) is 0.782. The van der Waals surface area contributed by atoms with Crippen molar-refractivity contribution in [3.8, 4) is 0 Å². The summed E-state index contributed by atoms with van der Waals surface area (Å²) in [7, 11) is -10.3. The van der Waals surface area contributed by atoms with Crippen molar-refractivity contribution in [2.75, 3.05) is 6.54 Å². The topological polar surface area (TPSA) is 164 Å². The number of carboxylic acid groups (broad SMARTS) is 1. The minimum absolute atomic E-state index is 0.470. The predicted molar refractivity (Wildman–Crippen MR) is 52.7 cm³/mol. The van der Waals surface area contributed by atoms with E-state index in [0.29, 0.717) is 6.92 Å². The van der Waals surface area contributed by atoms with E-state index in [2.05, 4.69) is 0 Å². The van der Waals surface area contributed by atoms with Crippen LogP contribution in [0, 0.1) is 0 Å². The molecule has 0 saturated heterocycles. The molecule has 0 radical (unpaired) electrons. The smallest absolute Gasteiger partial charge is 0.357 e. The molecule has 0 aliphatic rings. The zero-order chi connectivity index (χ0) is 13.2. The molecule has 0 atom stereocenters. The average Bonchev–Trinajstić information content (AvgIpc) is 1.98. The monoisotopic (exact) mass is 277 g/mol. The van der Waals surface area contributed by atoms with Crippen molar-refractivity contribution in [1.29, 1.82) is 0 Å². The molecule has 0 aromatic carbocycles. The molecule has 11 heteroatoms. The first-order chi connectivity index (χ1) is 6.92. The Labute approximate surface area is 90.8 Å². The van der Waals surface area contributed by atoms with Crippen LogP contribution in [-0.4, -0.2) is 42.2 Å². The summed E-state index contributed by atoms with van der Waals surface area (Å²) in [6.45, 7) is 0.179. The fourth-order valence-corrected chi connectivity index (χ4v) is 2.78. The van der Waals surface area contributed by atoms with Gasteiger partial charge in [0.25, 0.3) is 0 Å². The van der Waals surface area contributed by atoms with Crippen molar-refractivity contribution in [2.24, 2.45) is 0 Å². The predicted octanol–water partition coefficient (Wildman–Crippen LogP) is -0.920. The molecule has 0 aliphatic carbocycles. The number of rotatable bonds is 6. The Morgan fingerprint density at radius 3 is 1.81 bits per heavy atom. The number of carbonyl (C=O) groups is 1. The van der Waals surface area contributed by atoms with Crippen LogP contribution in [0.2, 0.25) is 0 Å². The normalized spacial score (nSPS) is 13.8. The van der Waals surface area contributed by atoms with E-state index in [4.69, 9.17) is 24.7 Å². The van der Waals surface area contributed by atoms with Gasteiger partial charge in [0.05, 0.1) is 6.42 Å². The lowest BCUT2D eigenvalue weighted by Gasteiger charge is -2.31. The van der Waals surface area contributed by atoms with Crippen LogP contribution >= 0.6 is 15.2 Å². The summed E-state index contributed by atoms with van der Waals surface area (Å²) in [6.07, 6.45) is -0.518. The van der Waals surface area contributed by atoms with E-state index in [1.54, 1.807) is 0 Å². The molecule has 0 saturated carbocycles. The van der Waals surface area contributed by atoms with Crippen LogP contribution in [0.1, 0.15) is 13.3 Å². The van der Waals surface area contributed by atoms with Crippen molar-refractivity contribution in [3.63, 3.8) is 0 Å². The van der Waals surface area contributed by atoms with Crippen LogP contribution in [-0.2, 0) is 13.9 Å². The van der Waals surface area contributed by atoms with Crippen molar-refractivity contribution in [2.45, 2.75) is 18.4 Å². The lowest BCUT2D eigenvalue weighted by Crippen LogP contribution is -2.42. The second kappa shape index (κ2) is 4.93. The van der Waals surface area contributed by atoms with Crippen LogP contribution in [0.25, 0.3) is 0 Å². The Balaban J connectivity index is 4.93. The first-order valence-electron chi connectivity index (χ1n) is 4.00. The van der Waals surface area contributed by atoms with E-state index in [0.717, 1.165) is 0 Å². The number of carboxylic acids is 1. The zero-order valence-electron chi connectivity index (χ0n) is 8.27. The molecule has 0 bridgehead atoms. The Hall–Kier alpha value is -0.270. The van der Waals surface area contributed by atoms with Crippen molar-refractivity contribution >= 4 is 21.2 Å². The molecule has 96 valence electrons. The molecule has 0 heterocycles. The van der Waals surface area contributed by atoms with Gasteiger partial charge in [-0.2, -0.15) is 0 Å². The Morgan fingerprint density at radius 1 is 1.19 bits per heavy atom. The molecule has 0 amide bonds. The minimum atomic E-state index is -5.14. The van der Waals surface area contributed by atoms with E-state index >= 15 is 0 Å². The third kappa shape index (κ3) is 3.64. The third-order valence-corrected chi connectivity index (χ3v) is 6.08. The fraction of sp³-hybridized carbons (Fsp3) is 0.800. The summed E-state index contributed by atoms with van der Waals surface area (Å²) in [5.41, 5.74) is 0. The van der Waals surface area contributed by atoms with Crippen LogP contribution in [0.3, 0.4) is 0 Å². The van der Waals surface area contributed by atoms with Crippen LogP contribution in [0.4, 0.5) is 0 Å². The van der Waals surface area contributed by atoms with E-state index in [1.165, 1.54) is 0 Å². The van der Waals surface area contributed by atoms with Gasteiger partial charge < -0.3 is 24.7 Å². The summed E-state index contributed by atoms with van der Waals surface area (Å²) in [4.78, 5) is 45.5. The Kier molecular flexibility index (Phi) is 4.85. The lowest BCUT2D eigenvalue weighted by molar-refractivity contribution is -0.136. The molecule has 16 heavy (non-hydrogen) atoms. The first kappa shape index (κ1) is 15.7. The number of hydrogen-bond acceptors (Lipinski definition) is 4. The number of aliphatic carboxylic acids is 1. The van der Waals surface area contributed by atoms with Gasteiger partial charge in [0.1, 0.15) is 0 Å².